The van der Waals surface area contributed by atoms with Crippen LogP contribution in [0.15, 0.2) is 41.0 Å². The van der Waals surface area contributed by atoms with Crippen LogP contribution in [-0.4, -0.2) is 53.4 Å². The zero-order chi connectivity index (χ0) is 23.5. The van der Waals surface area contributed by atoms with Crippen LogP contribution in [0.2, 0.25) is 0 Å². The highest BCUT2D eigenvalue weighted by molar-refractivity contribution is 6.03. The highest BCUT2D eigenvalue weighted by Crippen LogP contribution is 2.32. The van der Waals surface area contributed by atoms with Gasteiger partial charge in [0.1, 0.15) is 23.1 Å². The van der Waals surface area contributed by atoms with Gasteiger partial charge in [0.05, 0.1) is 12.2 Å². The molecule has 2 heterocycles. The van der Waals surface area contributed by atoms with Crippen molar-refractivity contribution in [3.8, 4) is 0 Å². The van der Waals surface area contributed by atoms with Gasteiger partial charge in [-0.25, -0.2) is 9.37 Å². The molecule has 10 heteroatoms. The van der Waals surface area contributed by atoms with E-state index in [9.17, 15) is 14.3 Å². The van der Waals surface area contributed by atoms with E-state index in [1.165, 1.54) is 30.5 Å². The second-order valence-corrected chi connectivity index (χ2v) is 7.95. The molecule has 2 aromatic rings. The van der Waals surface area contributed by atoms with Crippen molar-refractivity contribution in [2.24, 2.45) is 10.7 Å². The van der Waals surface area contributed by atoms with Gasteiger partial charge in [0.2, 0.25) is 11.9 Å². The maximum absolute atomic E-state index is 13.1. The number of anilines is 3. The Labute approximate surface area is 186 Å². The second kappa shape index (κ2) is 9.31. The first-order valence-electron chi connectivity index (χ1n) is 10.2. The van der Waals surface area contributed by atoms with E-state index in [0.29, 0.717) is 40.8 Å². The molecule has 0 aliphatic carbocycles. The van der Waals surface area contributed by atoms with Gasteiger partial charge in [-0.1, -0.05) is 12.1 Å². The Morgan fingerprint density at radius 3 is 2.75 bits per heavy atom. The van der Waals surface area contributed by atoms with E-state index in [0.717, 1.165) is 0 Å². The summed E-state index contributed by atoms with van der Waals surface area (Å²) in [5.41, 5.74) is 6.94. The average molecular weight is 442 g/mol. The molecule has 3 rings (SSSR count). The van der Waals surface area contributed by atoms with E-state index in [1.807, 2.05) is 7.05 Å². The fourth-order valence-corrected chi connectivity index (χ4v) is 3.19. The highest BCUT2D eigenvalue weighted by Gasteiger charge is 2.30. The van der Waals surface area contributed by atoms with Crippen molar-refractivity contribution in [2.45, 2.75) is 32.4 Å². The van der Waals surface area contributed by atoms with Crippen LogP contribution in [0.25, 0.3) is 0 Å². The lowest BCUT2D eigenvalue weighted by Gasteiger charge is -2.32. The number of hydrogen-bond donors (Lipinski definition) is 4. The first kappa shape index (κ1) is 23.1. The number of hydrogen-bond acceptors (Lipinski definition) is 8. The summed E-state index contributed by atoms with van der Waals surface area (Å²) in [4.78, 5) is 27.1. The maximum atomic E-state index is 13.1. The van der Waals surface area contributed by atoms with E-state index in [1.54, 1.807) is 31.9 Å². The fraction of sp³-hybridized carbons (Fsp3) is 0.364. The van der Waals surface area contributed by atoms with Crippen molar-refractivity contribution in [1.82, 2.24) is 9.97 Å². The third-order valence-electron chi connectivity index (χ3n) is 5.40. The molecule has 0 radical (unpaired) electrons. The number of aliphatic hydroxyl groups is 1. The number of halogens is 1. The lowest BCUT2D eigenvalue weighted by atomic mass is 9.96. The predicted molar refractivity (Wildman–Crippen MR) is 123 cm³/mol. The molecule has 1 aromatic carbocycles. The summed E-state index contributed by atoms with van der Waals surface area (Å²) in [5, 5.41) is 16.6. The molecule has 0 spiro atoms. The van der Waals surface area contributed by atoms with E-state index >= 15 is 0 Å². The third-order valence-corrected chi connectivity index (χ3v) is 5.40. The van der Waals surface area contributed by atoms with Gasteiger partial charge in [0.25, 0.3) is 0 Å². The molecule has 1 amide bonds. The number of carbonyl (C=O) groups excluding carboxylic acids is 1. The molecular formula is C22H28FN7O2. The van der Waals surface area contributed by atoms with E-state index < -0.39 is 5.60 Å². The molecular weight excluding hydrogens is 413 g/mol. The Balaban J connectivity index is 1.65. The first-order valence-corrected chi connectivity index (χ1v) is 10.2. The van der Waals surface area contributed by atoms with Crippen LogP contribution in [0.1, 0.15) is 25.1 Å². The van der Waals surface area contributed by atoms with Gasteiger partial charge in [-0.15, -0.1) is 0 Å². The fourth-order valence-electron chi connectivity index (χ4n) is 3.19. The zero-order valence-electron chi connectivity index (χ0n) is 18.6. The van der Waals surface area contributed by atoms with Gasteiger partial charge < -0.3 is 26.4 Å². The number of rotatable bonds is 7. The van der Waals surface area contributed by atoms with Gasteiger partial charge in [-0.3, -0.25) is 9.79 Å². The van der Waals surface area contributed by atoms with Crippen molar-refractivity contribution >= 4 is 29.6 Å². The van der Waals surface area contributed by atoms with Crippen LogP contribution in [0.4, 0.5) is 21.8 Å². The molecule has 1 aliphatic rings. The highest BCUT2D eigenvalue weighted by atomic mass is 19.1. The Kier molecular flexibility index (Phi) is 6.73. The number of fused-ring (bicyclic) bond motifs is 1. The van der Waals surface area contributed by atoms with Crippen LogP contribution in [-0.2, 0) is 10.4 Å². The molecule has 0 fully saturated rings. The number of aliphatic imine (C=N–C) groups is 1. The number of nitrogens with zero attached hydrogens (tertiary/aromatic N) is 4. The van der Waals surface area contributed by atoms with Crippen LogP contribution >= 0.6 is 0 Å². The predicted octanol–water partition coefficient (Wildman–Crippen LogP) is 1.93. The maximum Gasteiger partial charge on any atom is 0.246 e. The Morgan fingerprint density at radius 2 is 2.09 bits per heavy atom. The summed E-state index contributed by atoms with van der Waals surface area (Å²) in [6, 6.07) is 5.31. The average Bonchev–Trinajstić information content (AvgIpc) is 2.75. The number of aromatic nitrogens is 2. The molecule has 0 bridgehead atoms. The molecule has 0 saturated carbocycles. The number of aryl methyl sites for hydroxylation is 1. The molecule has 1 unspecified atom stereocenters. The standard InChI is InChI=1S/C22H28FN7O2/c1-13-18-19(30(4)14(2)20(31)28-18)29-21(27-13)26-11-15(9-24)10-25-12-22(3,32)16-5-7-17(23)8-6-16/h5-10,14,32H,11-12,24H2,1-4H3,(H,28,31)(H,26,27,29)/t14-,22?/m0/s1. The number of carbonyl (C=O) groups is 1. The zero-order valence-corrected chi connectivity index (χ0v) is 18.6. The largest absolute Gasteiger partial charge is 0.404 e. The van der Waals surface area contributed by atoms with Crippen LogP contribution in [0.5, 0.6) is 0 Å². The summed E-state index contributed by atoms with van der Waals surface area (Å²) in [7, 11) is 1.81. The summed E-state index contributed by atoms with van der Waals surface area (Å²) in [5.74, 6) is 0.556. The number of likely N-dealkylation sites (N-methyl/N-ethyl adjacent to an activating group) is 1. The molecule has 32 heavy (non-hydrogen) atoms. The normalized spacial score (nSPS) is 18.3. The SMILES string of the molecule is Cc1nc(NCC(C=NCC(C)(O)c2ccc(F)cc2)=CN)nc2c1NC(=O)[C@H](C)N2C. The minimum Gasteiger partial charge on any atom is -0.404 e. The smallest absolute Gasteiger partial charge is 0.246 e. The Hall–Kier alpha value is -3.53. The van der Waals surface area contributed by atoms with E-state index in [4.69, 9.17) is 5.73 Å². The second-order valence-electron chi connectivity index (χ2n) is 7.95. The monoisotopic (exact) mass is 441 g/mol. The minimum absolute atomic E-state index is 0.0762. The van der Waals surface area contributed by atoms with Gasteiger partial charge in [0.15, 0.2) is 5.82 Å². The van der Waals surface area contributed by atoms with Gasteiger partial charge in [-0.2, -0.15) is 4.98 Å². The summed E-state index contributed by atoms with van der Waals surface area (Å²) < 4.78 is 13.1. The van der Waals surface area contributed by atoms with Crippen LogP contribution in [0.3, 0.4) is 0 Å². The summed E-state index contributed by atoms with van der Waals surface area (Å²) >= 11 is 0. The number of benzene rings is 1. The lowest BCUT2D eigenvalue weighted by molar-refractivity contribution is -0.117. The van der Waals surface area contributed by atoms with Gasteiger partial charge >= 0.3 is 0 Å². The number of amides is 1. The molecule has 0 saturated heterocycles. The first-order chi connectivity index (χ1) is 15.1. The van der Waals surface area contributed by atoms with E-state index in [-0.39, 0.29) is 24.3 Å². The molecule has 170 valence electrons. The van der Waals surface area contributed by atoms with Gasteiger partial charge in [0, 0.05) is 31.6 Å². The lowest BCUT2D eigenvalue weighted by Crippen LogP contribution is -2.44. The molecule has 1 aliphatic heterocycles. The number of nitrogens with two attached hydrogens (primary N) is 1. The molecule has 9 nitrogen and oxygen atoms in total. The number of nitrogens with one attached hydrogen (secondary N) is 2. The van der Waals surface area contributed by atoms with Crippen molar-refractivity contribution in [3.05, 3.63) is 53.1 Å². The summed E-state index contributed by atoms with van der Waals surface area (Å²) in [6.45, 7) is 5.60. The quantitative estimate of drug-likeness (QED) is 0.483. The molecule has 1 aromatic heterocycles. The van der Waals surface area contributed by atoms with Gasteiger partial charge in [-0.05, 0) is 38.5 Å². The molecule has 5 N–H and O–H groups in total. The topological polar surface area (TPSA) is 129 Å². The van der Waals surface area contributed by atoms with Crippen LogP contribution < -0.4 is 21.3 Å². The Bertz CT molecular complexity index is 1050. The van der Waals surface area contributed by atoms with Crippen molar-refractivity contribution < 1.29 is 14.3 Å². The third kappa shape index (κ3) is 5.02. The van der Waals surface area contributed by atoms with Crippen molar-refractivity contribution in [3.63, 3.8) is 0 Å². The Morgan fingerprint density at radius 1 is 1.41 bits per heavy atom. The van der Waals surface area contributed by atoms with E-state index in [2.05, 4.69) is 25.6 Å². The molecule has 2 atom stereocenters. The van der Waals surface area contributed by atoms with Crippen molar-refractivity contribution in [2.75, 3.05) is 35.7 Å². The minimum atomic E-state index is -1.25. The summed E-state index contributed by atoms with van der Waals surface area (Å²) in [6.07, 6.45) is 2.97. The van der Waals surface area contributed by atoms with Crippen molar-refractivity contribution in [1.29, 1.82) is 0 Å². The van der Waals surface area contributed by atoms with Crippen LogP contribution in [0, 0.1) is 12.7 Å².